The number of pyridine rings is 1. The van der Waals surface area contributed by atoms with Crippen molar-refractivity contribution < 1.29 is 9.90 Å². The molecule has 1 aromatic carbocycles. The molecule has 5 heteroatoms. The fourth-order valence-corrected chi connectivity index (χ4v) is 2.01. The zero-order valence-electron chi connectivity index (χ0n) is 13.5. The molecule has 0 fully saturated rings. The molecule has 1 atom stereocenters. The number of rotatable bonds is 3. The van der Waals surface area contributed by atoms with E-state index in [0.717, 1.165) is 16.6 Å². The molecule has 1 heterocycles. The molecule has 0 bridgehead atoms. The summed E-state index contributed by atoms with van der Waals surface area (Å²) in [6.45, 7) is 7.89. The quantitative estimate of drug-likeness (QED) is 0.815. The lowest BCUT2D eigenvalue weighted by molar-refractivity contribution is 0.0654. The molecule has 0 saturated heterocycles. The van der Waals surface area contributed by atoms with E-state index in [1.807, 2.05) is 58.0 Å². The number of aliphatic hydroxyl groups is 1. The summed E-state index contributed by atoms with van der Waals surface area (Å²) in [6.07, 6.45) is -0.605. The second kappa shape index (κ2) is 6.32. The Balaban J connectivity index is 2.08. The zero-order chi connectivity index (χ0) is 16.3. The summed E-state index contributed by atoms with van der Waals surface area (Å²) >= 11 is 0. The summed E-state index contributed by atoms with van der Waals surface area (Å²) in [7, 11) is 0. The third-order valence-electron chi connectivity index (χ3n) is 3.56. The predicted molar refractivity (Wildman–Crippen MR) is 89.0 cm³/mol. The lowest BCUT2D eigenvalue weighted by Crippen LogP contribution is -2.40. The number of aryl methyl sites for hydroxylation is 1. The fourth-order valence-electron chi connectivity index (χ4n) is 2.01. The number of carbonyl (C=O) groups excluding carboxylic acids is 1. The Morgan fingerprint density at radius 3 is 2.68 bits per heavy atom. The lowest BCUT2D eigenvalue weighted by Gasteiger charge is -2.25. The number of benzene rings is 1. The van der Waals surface area contributed by atoms with Crippen LogP contribution >= 0.6 is 0 Å². The number of aromatic nitrogens is 1. The van der Waals surface area contributed by atoms with Crippen molar-refractivity contribution in [2.45, 2.75) is 33.8 Å². The average molecular weight is 301 g/mol. The topological polar surface area (TPSA) is 74.2 Å². The van der Waals surface area contributed by atoms with Crippen LogP contribution in [0.25, 0.3) is 10.9 Å². The third-order valence-corrected chi connectivity index (χ3v) is 3.56. The Morgan fingerprint density at radius 2 is 2.00 bits per heavy atom. The number of carbonyl (C=O) groups is 1. The monoisotopic (exact) mass is 301 g/mol. The van der Waals surface area contributed by atoms with Gasteiger partial charge in [0.1, 0.15) is 0 Å². The Morgan fingerprint density at radius 1 is 1.27 bits per heavy atom. The van der Waals surface area contributed by atoms with Gasteiger partial charge in [-0.3, -0.25) is 4.98 Å². The van der Waals surface area contributed by atoms with E-state index < -0.39 is 6.10 Å². The Bertz CT molecular complexity index is 677. The van der Waals surface area contributed by atoms with Gasteiger partial charge in [-0.2, -0.15) is 0 Å². The van der Waals surface area contributed by atoms with E-state index in [1.165, 1.54) is 0 Å². The van der Waals surface area contributed by atoms with E-state index in [2.05, 4.69) is 15.6 Å². The first-order valence-corrected chi connectivity index (χ1v) is 7.36. The fraction of sp³-hybridized carbons (Fsp3) is 0.412. The van der Waals surface area contributed by atoms with E-state index in [9.17, 15) is 9.90 Å². The Hall–Kier alpha value is -2.14. The van der Waals surface area contributed by atoms with Gasteiger partial charge in [-0.1, -0.05) is 39.0 Å². The van der Waals surface area contributed by atoms with Gasteiger partial charge in [-0.05, 0) is 24.5 Å². The summed E-state index contributed by atoms with van der Waals surface area (Å²) in [5.74, 6) is 0. The maximum Gasteiger partial charge on any atom is 0.319 e. The largest absolute Gasteiger partial charge is 0.391 e. The van der Waals surface area contributed by atoms with Crippen molar-refractivity contribution in [2.24, 2.45) is 5.41 Å². The van der Waals surface area contributed by atoms with Crippen molar-refractivity contribution >= 4 is 22.6 Å². The van der Waals surface area contributed by atoms with Crippen LogP contribution in [0.3, 0.4) is 0 Å². The second-order valence-corrected chi connectivity index (χ2v) is 6.55. The van der Waals surface area contributed by atoms with Gasteiger partial charge >= 0.3 is 6.03 Å². The first-order chi connectivity index (χ1) is 10.3. The number of nitrogens with zero attached hydrogens (tertiary/aromatic N) is 1. The normalized spacial score (nSPS) is 13.0. The van der Waals surface area contributed by atoms with Crippen molar-refractivity contribution in [3.63, 3.8) is 0 Å². The molecule has 1 unspecified atom stereocenters. The minimum Gasteiger partial charge on any atom is -0.391 e. The molecular formula is C17H23N3O2. The smallest absolute Gasteiger partial charge is 0.319 e. The van der Waals surface area contributed by atoms with E-state index in [1.54, 1.807) is 0 Å². The number of para-hydroxylation sites is 1. The molecule has 118 valence electrons. The van der Waals surface area contributed by atoms with Crippen LogP contribution in [-0.4, -0.2) is 28.8 Å². The van der Waals surface area contributed by atoms with Crippen LogP contribution in [0.5, 0.6) is 0 Å². The van der Waals surface area contributed by atoms with Gasteiger partial charge in [0.2, 0.25) is 0 Å². The van der Waals surface area contributed by atoms with Gasteiger partial charge in [-0.25, -0.2) is 4.79 Å². The van der Waals surface area contributed by atoms with Gasteiger partial charge < -0.3 is 15.7 Å². The Labute approximate surface area is 130 Å². The highest BCUT2D eigenvalue weighted by Crippen LogP contribution is 2.22. The Kier molecular flexibility index (Phi) is 4.66. The van der Waals surface area contributed by atoms with Gasteiger partial charge in [-0.15, -0.1) is 0 Å². The standard InChI is InChI=1S/C17H23N3O2/c1-11-8-9-12-6-5-7-13(15(12)19-11)20-16(22)18-10-14(21)17(2,3)4/h5-9,14,21H,10H2,1-4H3,(H2,18,20,22). The first kappa shape index (κ1) is 16.2. The molecule has 5 nitrogen and oxygen atoms in total. The van der Waals surface area contributed by atoms with Crippen molar-refractivity contribution in [1.82, 2.24) is 10.3 Å². The first-order valence-electron chi connectivity index (χ1n) is 7.36. The molecule has 3 N–H and O–H groups in total. The number of aliphatic hydroxyl groups excluding tert-OH is 1. The minimum absolute atomic E-state index is 0.201. The predicted octanol–water partition coefficient (Wildman–Crippen LogP) is 3.07. The summed E-state index contributed by atoms with van der Waals surface area (Å²) < 4.78 is 0. The zero-order valence-corrected chi connectivity index (χ0v) is 13.5. The molecule has 0 aliphatic carbocycles. The lowest BCUT2D eigenvalue weighted by atomic mass is 9.89. The molecule has 2 aromatic rings. The molecule has 0 spiro atoms. The summed E-state index contributed by atoms with van der Waals surface area (Å²) in [6, 6.07) is 9.21. The molecule has 0 radical (unpaired) electrons. The van der Waals surface area contributed by atoms with Gasteiger partial charge in [0.05, 0.1) is 17.3 Å². The van der Waals surface area contributed by atoms with Crippen LogP contribution < -0.4 is 10.6 Å². The van der Waals surface area contributed by atoms with Crippen LogP contribution in [-0.2, 0) is 0 Å². The van der Waals surface area contributed by atoms with Crippen molar-refractivity contribution in [3.8, 4) is 0 Å². The maximum absolute atomic E-state index is 12.0. The highest BCUT2D eigenvalue weighted by molar-refractivity contribution is 5.99. The molecular weight excluding hydrogens is 278 g/mol. The number of anilines is 1. The molecule has 22 heavy (non-hydrogen) atoms. The van der Waals surface area contributed by atoms with E-state index >= 15 is 0 Å². The van der Waals surface area contributed by atoms with E-state index in [4.69, 9.17) is 0 Å². The number of fused-ring (bicyclic) bond motifs is 1. The van der Waals surface area contributed by atoms with Crippen molar-refractivity contribution in [2.75, 3.05) is 11.9 Å². The van der Waals surface area contributed by atoms with Crippen LogP contribution in [0.15, 0.2) is 30.3 Å². The SMILES string of the molecule is Cc1ccc2cccc(NC(=O)NCC(O)C(C)(C)C)c2n1. The second-order valence-electron chi connectivity index (χ2n) is 6.55. The number of urea groups is 1. The molecule has 2 amide bonds. The van der Waals surface area contributed by atoms with E-state index in [0.29, 0.717) is 5.69 Å². The molecule has 0 aliphatic rings. The average Bonchev–Trinajstić information content (AvgIpc) is 2.44. The number of nitrogens with one attached hydrogen (secondary N) is 2. The van der Waals surface area contributed by atoms with Crippen LogP contribution in [0.1, 0.15) is 26.5 Å². The molecule has 2 rings (SSSR count). The molecule has 1 aromatic heterocycles. The highest BCUT2D eigenvalue weighted by Gasteiger charge is 2.22. The summed E-state index contributed by atoms with van der Waals surface area (Å²) in [5.41, 5.74) is 2.04. The maximum atomic E-state index is 12.0. The number of hydrogen-bond donors (Lipinski definition) is 3. The van der Waals surface area contributed by atoms with Crippen LogP contribution in [0.4, 0.5) is 10.5 Å². The van der Waals surface area contributed by atoms with Gasteiger partial charge in [0.25, 0.3) is 0 Å². The summed E-state index contributed by atoms with van der Waals surface area (Å²) in [4.78, 5) is 16.5. The highest BCUT2D eigenvalue weighted by atomic mass is 16.3. The van der Waals surface area contributed by atoms with Crippen LogP contribution in [0, 0.1) is 12.3 Å². The molecule has 0 aliphatic heterocycles. The van der Waals surface area contributed by atoms with Gasteiger partial charge in [0, 0.05) is 17.6 Å². The van der Waals surface area contributed by atoms with Crippen LogP contribution in [0.2, 0.25) is 0 Å². The molecule has 0 saturated carbocycles. The van der Waals surface area contributed by atoms with Crippen molar-refractivity contribution in [1.29, 1.82) is 0 Å². The number of amides is 2. The number of hydrogen-bond acceptors (Lipinski definition) is 3. The third kappa shape index (κ3) is 3.95. The van der Waals surface area contributed by atoms with Gasteiger partial charge in [0.15, 0.2) is 0 Å². The summed E-state index contributed by atoms with van der Waals surface area (Å²) in [5, 5.41) is 16.4. The van der Waals surface area contributed by atoms with E-state index in [-0.39, 0.29) is 18.0 Å². The minimum atomic E-state index is -0.605. The van der Waals surface area contributed by atoms with Crippen molar-refractivity contribution in [3.05, 3.63) is 36.0 Å².